The van der Waals surface area contributed by atoms with Gasteiger partial charge in [0.15, 0.2) is 0 Å². The number of aryl methyl sites for hydroxylation is 1. The highest BCUT2D eigenvalue weighted by Crippen LogP contribution is 2.07. The van der Waals surface area contributed by atoms with Crippen molar-refractivity contribution < 1.29 is 9.57 Å². The molecule has 2 aromatic carbocycles. The van der Waals surface area contributed by atoms with Gasteiger partial charge in [0.2, 0.25) is 0 Å². The van der Waals surface area contributed by atoms with Crippen LogP contribution in [0, 0.1) is 6.92 Å². The van der Waals surface area contributed by atoms with Crippen LogP contribution < -0.4 is 0 Å². The highest BCUT2D eigenvalue weighted by molar-refractivity contribution is 6.01. The van der Waals surface area contributed by atoms with Gasteiger partial charge in [0.05, 0.1) is 13.2 Å². The first kappa shape index (κ1) is 14.3. The molecule has 2 aromatic rings. The highest BCUT2D eigenvalue weighted by atomic mass is 16.6. The first-order chi connectivity index (χ1) is 9.79. The Balaban J connectivity index is 1.95. The van der Waals surface area contributed by atoms with Gasteiger partial charge in [0.25, 0.3) is 0 Å². The standard InChI is InChI=1S/C17H19NO2/c1-14-7-6-8-15(11-14)12-20-13-17(18-19-2)16-9-4-3-5-10-16/h3-11H,12-13H2,1-2H3. The Hall–Kier alpha value is -2.13. The van der Waals surface area contributed by atoms with Crippen molar-refractivity contribution in [1.29, 1.82) is 0 Å². The second kappa shape index (κ2) is 7.46. The van der Waals surface area contributed by atoms with Crippen molar-refractivity contribution in [3.8, 4) is 0 Å². The van der Waals surface area contributed by atoms with Crippen molar-refractivity contribution >= 4 is 5.71 Å². The summed E-state index contributed by atoms with van der Waals surface area (Å²) in [4.78, 5) is 4.89. The van der Waals surface area contributed by atoms with Crippen LogP contribution in [-0.4, -0.2) is 19.4 Å². The van der Waals surface area contributed by atoms with Crippen molar-refractivity contribution in [2.45, 2.75) is 13.5 Å². The molecule has 2 rings (SSSR count). The maximum absolute atomic E-state index is 5.73. The van der Waals surface area contributed by atoms with Crippen LogP contribution in [0.25, 0.3) is 0 Å². The van der Waals surface area contributed by atoms with Crippen LogP contribution in [0.3, 0.4) is 0 Å². The third-order valence-electron chi connectivity index (χ3n) is 2.90. The van der Waals surface area contributed by atoms with Crippen molar-refractivity contribution in [3.63, 3.8) is 0 Å². The normalized spacial score (nSPS) is 11.4. The summed E-state index contributed by atoms with van der Waals surface area (Å²) >= 11 is 0. The molecule has 0 unspecified atom stereocenters. The minimum Gasteiger partial charge on any atom is -0.399 e. The van der Waals surface area contributed by atoms with Gasteiger partial charge in [0.1, 0.15) is 12.8 Å². The quantitative estimate of drug-likeness (QED) is 0.593. The summed E-state index contributed by atoms with van der Waals surface area (Å²) < 4.78 is 5.73. The van der Waals surface area contributed by atoms with Crippen molar-refractivity contribution in [3.05, 3.63) is 71.3 Å². The number of nitrogens with zero attached hydrogens (tertiary/aromatic N) is 1. The first-order valence-corrected chi connectivity index (χ1v) is 6.58. The molecule has 0 aromatic heterocycles. The van der Waals surface area contributed by atoms with E-state index >= 15 is 0 Å². The lowest BCUT2D eigenvalue weighted by atomic mass is 10.1. The second-order valence-corrected chi connectivity index (χ2v) is 4.57. The molecular formula is C17H19NO2. The van der Waals surface area contributed by atoms with E-state index in [1.54, 1.807) is 7.11 Å². The minimum atomic E-state index is 0.422. The molecule has 0 aliphatic carbocycles. The smallest absolute Gasteiger partial charge is 0.113 e. The maximum atomic E-state index is 5.73. The molecule has 0 heterocycles. The van der Waals surface area contributed by atoms with Gasteiger partial charge in [-0.3, -0.25) is 0 Å². The van der Waals surface area contributed by atoms with E-state index in [-0.39, 0.29) is 0 Å². The molecular weight excluding hydrogens is 250 g/mol. The van der Waals surface area contributed by atoms with Gasteiger partial charge in [-0.25, -0.2) is 0 Å². The molecule has 0 aliphatic heterocycles. The van der Waals surface area contributed by atoms with E-state index in [4.69, 9.17) is 9.57 Å². The molecule has 0 N–H and O–H groups in total. The van der Waals surface area contributed by atoms with Crippen LogP contribution >= 0.6 is 0 Å². The summed E-state index contributed by atoms with van der Waals surface area (Å²) in [5, 5.41) is 4.03. The first-order valence-electron chi connectivity index (χ1n) is 6.58. The Bertz CT molecular complexity index is 564. The number of rotatable bonds is 6. The molecule has 0 saturated carbocycles. The predicted molar refractivity (Wildman–Crippen MR) is 80.8 cm³/mol. The van der Waals surface area contributed by atoms with Crippen LogP contribution in [0.5, 0.6) is 0 Å². The van der Waals surface area contributed by atoms with E-state index in [0.29, 0.717) is 13.2 Å². The summed E-state index contributed by atoms with van der Waals surface area (Å²) in [6.07, 6.45) is 0. The number of oxime groups is 1. The molecule has 0 fully saturated rings. The molecule has 0 atom stereocenters. The Kier molecular flexibility index (Phi) is 5.33. The fraction of sp³-hybridized carbons (Fsp3) is 0.235. The molecule has 3 nitrogen and oxygen atoms in total. The van der Waals surface area contributed by atoms with Gasteiger partial charge < -0.3 is 9.57 Å². The van der Waals surface area contributed by atoms with Gasteiger partial charge in [-0.2, -0.15) is 0 Å². The average Bonchev–Trinajstić information content (AvgIpc) is 2.47. The van der Waals surface area contributed by atoms with Gasteiger partial charge in [-0.15, -0.1) is 0 Å². The zero-order valence-electron chi connectivity index (χ0n) is 11.9. The summed E-state index contributed by atoms with van der Waals surface area (Å²) in [6, 6.07) is 18.2. The van der Waals surface area contributed by atoms with Crippen molar-refractivity contribution in [1.82, 2.24) is 0 Å². The van der Waals surface area contributed by atoms with Crippen molar-refractivity contribution in [2.75, 3.05) is 13.7 Å². The molecule has 20 heavy (non-hydrogen) atoms. The fourth-order valence-electron chi connectivity index (χ4n) is 1.97. The van der Waals surface area contributed by atoms with Crippen LogP contribution in [0.15, 0.2) is 59.8 Å². The molecule has 0 saturated heterocycles. The van der Waals surface area contributed by atoms with Gasteiger partial charge >= 0.3 is 0 Å². The lowest BCUT2D eigenvalue weighted by molar-refractivity contribution is 0.151. The molecule has 104 valence electrons. The van der Waals surface area contributed by atoms with E-state index < -0.39 is 0 Å². The van der Waals surface area contributed by atoms with E-state index in [2.05, 4.69) is 30.3 Å². The Morgan fingerprint density at radius 2 is 1.85 bits per heavy atom. The zero-order chi connectivity index (χ0) is 14.2. The highest BCUT2D eigenvalue weighted by Gasteiger charge is 2.04. The zero-order valence-corrected chi connectivity index (χ0v) is 11.9. The Morgan fingerprint density at radius 1 is 1.05 bits per heavy atom. The summed E-state index contributed by atoms with van der Waals surface area (Å²) in [7, 11) is 1.55. The molecule has 0 amide bonds. The van der Waals surface area contributed by atoms with Gasteiger partial charge in [-0.1, -0.05) is 65.3 Å². The second-order valence-electron chi connectivity index (χ2n) is 4.57. The minimum absolute atomic E-state index is 0.422. The predicted octanol–water partition coefficient (Wildman–Crippen LogP) is 3.56. The van der Waals surface area contributed by atoms with E-state index in [9.17, 15) is 0 Å². The topological polar surface area (TPSA) is 30.8 Å². The number of benzene rings is 2. The van der Waals surface area contributed by atoms with E-state index in [1.165, 1.54) is 5.56 Å². The SMILES string of the molecule is CON=C(COCc1cccc(C)c1)c1ccccc1. The van der Waals surface area contributed by atoms with Crippen LogP contribution in [0.1, 0.15) is 16.7 Å². The third kappa shape index (κ3) is 4.21. The number of ether oxygens (including phenoxy) is 1. The number of hydrogen-bond acceptors (Lipinski definition) is 3. The third-order valence-corrected chi connectivity index (χ3v) is 2.90. The van der Waals surface area contributed by atoms with E-state index in [0.717, 1.165) is 16.8 Å². The largest absolute Gasteiger partial charge is 0.399 e. The monoisotopic (exact) mass is 269 g/mol. The fourth-order valence-corrected chi connectivity index (χ4v) is 1.97. The molecule has 3 heteroatoms. The lowest BCUT2D eigenvalue weighted by Crippen LogP contribution is -2.11. The number of hydrogen-bond donors (Lipinski definition) is 0. The average molecular weight is 269 g/mol. The summed E-state index contributed by atoms with van der Waals surface area (Å²) in [5.41, 5.74) is 4.20. The molecule has 0 radical (unpaired) electrons. The molecule has 0 spiro atoms. The van der Waals surface area contributed by atoms with Crippen molar-refractivity contribution in [2.24, 2.45) is 5.16 Å². The maximum Gasteiger partial charge on any atom is 0.113 e. The van der Waals surface area contributed by atoms with Crippen LogP contribution in [0.4, 0.5) is 0 Å². The summed E-state index contributed by atoms with van der Waals surface area (Å²) in [5.74, 6) is 0. The van der Waals surface area contributed by atoms with Gasteiger partial charge in [0, 0.05) is 5.56 Å². The lowest BCUT2D eigenvalue weighted by Gasteiger charge is -2.08. The van der Waals surface area contributed by atoms with Gasteiger partial charge in [-0.05, 0) is 12.5 Å². The Morgan fingerprint density at radius 3 is 2.55 bits per heavy atom. The van der Waals surface area contributed by atoms with Crippen LogP contribution in [-0.2, 0) is 16.2 Å². The molecule has 0 aliphatic rings. The summed E-state index contributed by atoms with van der Waals surface area (Å²) in [6.45, 7) is 3.06. The van der Waals surface area contributed by atoms with Crippen LogP contribution in [0.2, 0.25) is 0 Å². The Labute approximate surface area is 119 Å². The van der Waals surface area contributed by atoms with E-state index in [1.807, 2.05) is 36.4 Å². The molecule has 0 bridgehead atoms.